The van der Waals surface area contributed by atoms with E-state index in [1.165, 1.54) is 7.11 Å². The fraction of sp³-hybridized carbons (Fsp3) is 0.421. The summed E-state index contributed by atoms with van der Waals surface area (Å²) >= 11 is 0. The van der Waals surface area contributed by atoms with Gasteiger partial charge in [-0.25, -0.2) is 4.79 Å². The molecule has 1 rings (SSSR count). The largest absolute Gasteiger partial charge is 0.496 e. The number of rotatable bonds is 12. The molecule has 132 valence electrons. The summed E-state index contributed by atoms with van der Waals surface area (Å²) < 4.78 is 21.6. The molecule has 0 aromatic heterocycles. The summed E-state index contributed by atoms with van der Waals surface area (Å²) in [7, 11) is 3.04. The van der Waals surface area contributed by atoms with Crippen LogP contribution in [-0.2, 0) is 4.74 Å². The maximum absolute atomic E-state index is 12.4. The first-order valence-electron chi connectivity index (χ1n) is 7.95. The predicted octanol–water partition coefficient (Wildman–Crippen LogP) is 4.17. The molecule has 0 spiro atoms. The SMILES string of the molecule is C=CCCCOC(=O)c1c(OC)cc(OC)cc1OCCCC=C. The van der Waals surface area contributed by atoms with Crippen LogP contribution in [0.3, 0.4) is 0 Å². The Morgan fingerprint density at radius 2 is 1.62 bits per heavy atom. The minimum absolute atomic E-state index is 0.274. The molecule has 0 atom stereocenters. The third kappa shape index (κ3) is 5.99. The van der Waals surface area contributed by atoms with E-state index in [1.807, 2.05) is 6.08 Å². The molecule has 0 bridgehead atoms. The summed E-state index contributed by atoms with van der Waals surface area (Å²) in [6, 6.07) is 3.30. The van der Waals surface area contributed by atoms with Crippen molar-refractivity contribution < 1.29 is 23.7 Å². The van der Waals surface area contributed by atoms with E-state index in [9.17, 15) is 4.79 Å². The van der Waals surface area contributed by atoms with Crippen molar-refractivity contribution in [1.82, 2.24) is 0 Å². The maximum atomic E-state index is 12.4. The second kappa shape index (κ2) is 11.2. The second-order valence-electron chi connectivity index (χ2n) is 5.05. The van der Waals surface area contributed by atoms with Crippen molar-refractivity contribution in [3.63, 3.8) is 0 Å². The minimum atomic E-state index is -0.475. The zero-order valence-electron chi connectivity index (χ0n) is 14.5. The van der Waals surface area contributed by atoms with Gasteiger partial charge in [0, 0.05) is 12.1 Å². The van der Waals surface area contributed by atoms with Crippen LogP contribution in [0.1, 0.15) is 36.0 Å². The average Bonchev–Trinajstić information content (AvgIpc) is 2.61. The molecular formula is C19H26O5. The lowest BCUT2D eigenvalue weighted by Gasteiger charge is -2.16. The van der Waals surface area contributed by atoms with E-state index in [2.05, 4.69) is 13.2 Å². The summed E-state index contributed by atoms with van der Waals surface area (Å²) in [4.78, 5) is 12.4. The third-order valence-corrected chi connectivity index (χ3v) is 3.30. The van der Waals surface area contributed by atoms with Crippen molar-refractivity contribution in [2.75, 3.05) is 27.4 Å². The number of allylic oxidation sites excluding steroid dienone is 2. The van der Waals surface area contributed by atoms with Crippen molar-refractivity contribution in [3.05, 3.63) is 43.0 Å². The molecule has 0 unspecified atom stereocenters. The molecule has 0 saturated carbocycles. The molecular weight excluding hydrogens is 308 g/mol. The molecule has 0 radical (unpaired) electrons. The van der Waals surface area contributed by atoms with E-state index >= 15 is 0 Å². The lowest BCUT2D eigenvalue weighted by atomic mass is 10.1. The van der Waals surface area contributed by atoms with Crippen molar-refractivity contribution in [2.45, 2.75) is 25.7 Å². The molecule has 24 heavy (non-hydrogen) atoms. The number of benzene rings is 1. The highest BCUT2D eigenvalue weighted by Crippen LogP contribution is 2.35. The summed E-state index contributed by atoms with van der Waals surface area (Å²) in [5.41, 5.74) is 0.274. The molecule has 5 heteroatoms. The Bertz CT molecular complexity index is 551. The van der Waals surface area contributed by atoms with Crippen molar-refractivity contribution >= 4 is 5.97 Å². The molecule has 0 heterocycles. The smallest absolute Gasteiger partial charge is 0.345 e. The van der Waals surface area contributed by atoms with Gasteiger partial charge in [0.25, 0.3) is 0 Å². The summed E-state index contributed by atoms with van der Waals surface area (Å²) in [6.45, 7) is 8.09. The Morgan fingerprint density at radius 3 is 2.21 bits per heavy atom. The molecule has 0 aliphatic rings. The van der Waals surface area contributed by atoms with E-state index in [4.69, 9.17) is 18.9 Å². The molecule has 1 aromatic rings. The number of methoxy groups -OCH3 is 2. The van der Waals surface area contributed by atoms with Crippen molar-refractivity contribution in [1.29, 1.82) is 0 Å². The highest BCUT2D eigenvalue weighted by molar-refractivity contribution is 5.96. The lowest BCUT2D eigenvalue weighted by Crippen LogP contribution is -2.11. The van der Waals surface area contributed by atoms with Gasteiger partial charge in [0.1, 0.15) is 22.8 Å². The normalized spacial score (nSPS) is 9.92. The molecule has 0 amide bonds. The van der Waals surface area contributed by atoms with Crippen LogP contribution < -0.4 is 14.2 Å². The van der Waals surface area contributed by atoms with E-state index in [1.54, 1.807) is 25.3 Å². The summed E-state index contributed by atoms with van der Waals surface area (Å²) in [5, 5.41) is 0. The summed E-state index contributed by atoms with van der Waals surface area (Å²) in [5.74, 6) is 0.830. The Morgan fingerprint density at radius 1 is 1.00 bits per heavy atom. The minimum Gasteiger partial charge on any atom is -0.496 e. The molecule has 1 aromatic carbocycles. The highest BCUT2D eigenvalue weighted by atomic mass is 16.5. The van der Waals surface area contributed by atoms with E-state index in [0.29, 0.717) is 30.5 Å². The maximum Gasteiger partial charge on any atom is 0.345 e. The molecule has 5 nitrogen and oxygen atoms in total. The summed E-state index contributed by atoms with van der Waals surface area (Å²) in [6.07, 6.45) is 6.76. The van der Waals surface area contributed by atoms with Gasteiger partial charge >= 0.3 is 5.97 Å². The van der Waals surface area contributed by atoms with Gasteiger partial charge in [-0.15, -0.1) is 13.2 Å². The fourth-order valence-electron chi connectivity index (χ4n) is 2.03. The van der Waals surface area contributed by atoms with Crippen molar-refractivity contribution in [2.24, 2.45) is 0 Å². The average molecular weight is 334 g/mol. The van der Waals surface area contributed by atoms with Crippen LogP contribution in [0.5, 0.6) is 17.2 Å². The zero-order chi connectivity index (χ0) is 17.8. The zero-order valence-corrected chi connectivity index (χ0v) is 14.5. The van der Waals surface area contributed by atoms with Crippen LogP contribution in [0.4, 0.5) is 0 Å². The number of unbranched alkanes of at least 4 members (excludes halogenated alkanes) is 2. The third-order valence-electron chi connectivity index (χ3n) is 3.30. The second-order valence-corrected chi connectivity index (χ2v) is 5.05. The fourth-order valence-corrected chi connectivity index (χ4v) is 2.03. The number of ether oxygens (including phenoxy) is 4. The first-order valence-corrected chi connectivity index (χ1v) is 7.95. The Hall–Kier alpha value is -2.43. The quantitative estimate of drug-likeness (QED) is 0.326. The van der Waals surface area contributed by atoms with Crippen LogP contribution in [0.25, 0.3) is 0 Å². The van der Waals surface area contributed by atoms with Crippen LogP contribution in [0.2, 0.25) is 0 Å². The molecule has 0 aliphatic heterocycles. The van der Waals surface area contributed by atoms with Gasteiger partial charge in [-0.3, -0.25) is 0 Å². The van der Waals surface area contributed by atoms with Gasteiger partial charge in [-0.05, 0) is 25.7 Å². The Balaban J connectivity index is 2.96. The number of hydrogen-bond donors (Lipinski definition) is 0. The predicted molar refractivity (Wildman–Crippen MR) is 94.2 cm³/mol. The molecule has 0 fully saturated rings. The number of carbonyl (C=O) groups excluding carboxylic acids is 1. The van der Waals surface area contributed by atoms with Gasteiger partial charge < -0.3 is 18.9 Å². The van der Waals surface area contributed by atoms with Crippen LogP contribution in [0.15, 0.2) is 37.4 Å². The molecule has 0 saturated heterocycles. The molecule has 0 aliphatic carbocycles. The number of carbonyl (C=O) groups is 1. The van der Waals surface area contributed by atoms with E-state index < -0.39 is 5.97 Å². The van der Waals surface area contributed by atoms with Gasteiger partial charge in [0.15, 0.2) is 0 Å². The van der Waals surface area contributed by atoms with Gasteiger partial charge in [0.05, 0.1) is 27.4 Å². The van der Waals surface area contributed by atoms with Crippen LogP contribution in [0, 0.1) is 0 Å². The van der Waals surface area contributed by atoms with Crippen molar-refractivity contribution in [3.8, 4) is 17.2 Å². The first kappa shape index (κ1) is 19.6. The van der Waals surface area contributed by atoms with Gasteiger partial charge in [0.2, 0.25) is 0 Å². The lowest BCUT2D eigenvalue weighted by molar-refractivity contribution is 0.0492. The van der Waals surface area contributed by atoms with E-state index in [-0.39, 0.29) is 5.56 Å². The Kier molecular flexibility index (Phi) is 9.12. The van der Waals surface area contributed by atoms with E-state index in [0.717, 1.165) is 25.7 Å². The monoisotopic (exact) mass is 334 g/mol. The van der Waals surface area contributed by atoms with Gasteiger partial charge in [-0.1, -0.05) is 12.2 Å². The first-order chi connectivity index (χ1) is 11.7. The topological polar surface area (TPSA) is 54.0 Å². The van der Waals surface area contributed by atoms with Crippen LogP contribution in [-0.4, -0.2) is 33.4 Å². The number of hydrogen-bond acceptors (Lipinski definition) is 5. The standard InChI is InChI=1S/C19H26O5/c1-5-7-9-11-23-17-14-15(21-3)13-16(22-4)18(17)19(20)24-12-10-8-6-2/h5-6,13-14H,1-2,7-12H2,3-4H3. The van der Waals surface area contributed by atoms with Gasteiger partial charge in [-0.2, -0.15) is 0 Å². The number of esters is 1. The Labute approximate surface area is 143 Å². The molecule has 0 N–H and O–H groups in total. The van der Waals surface area contributed by atoms with Crippen LogP contribution >= 0.6 is 0 Å². The highest BCUT2D eigenvalue weighted by Gasteiger charge is 2.22.